The number of hydrogen-bond donors (Lipinski definition) is 3. The highest BCUT2D eigenvalue weighted by Gasteiger charge is 2.41. The summed E-state index contributed by atoms with van der Waals surface area (Å²) >= 11 is 0. The molecule has 0 aromatic heterocycles. The summed E-state index contributed by atoms with van der Waals surface area (Å²) in [5, 5.41) is 0.199. The van der Waals surface area contributed by atoms with E-state index in [1.54, 1.807) is 0 Å². The van der Waals surface area contributed by atoms with Crippen LogP contribution in [-0.4, -0.2) is 22.1 Å². The van der Waals surface area contributed by atoms with Crippen molar-refractivity contribution in [3.63, 3.8) is 0 Å². The number of rotatable bonds is 3. The molecule has 0 aliphatic carbocycles. The topological polar surface area (TPSA) is 95.1 Å². The molecular weight excluding hydrogens is 210 g/mol. The molecule has 0 aliphatic rings. The van der Waals surface area contributed by atoms with Gasteiger partial charge >= 0.3 is 0 Å². The molecule has 0 aliphatic heterocycles. The van der Waals surface area contributed by atoms with E-state index in [1.807, 2.05) is 0 Å². The molecule has 0 unspecified atom stereocenters. The Kier molecular flexibility index (Phi) is 6.55. The van der Waals surface area contributed by atoms with Crippen molar-refractivity contribution in [1.82, 2.24) is 0 Å². The number of hydrazine groups is 1. The van der Waals surface area contributed by atoms with Gasteiger partial charge in [-0.15, -0.1) is 0 Å². The number of nitrogens with two attached hydrogens (primary N) is 3. The first kappa shape index (κ1) is 16.3. The van der Waals surface area contributed by atoms with Gasteiger partial charge in [0.2, 0.25) is 5.91 Å². The Bertz CT molecular complexity index is 170. The van der Waals surface area contributed by atoms with Crippen LogP contribution in [0.3, 0.4) is 0 Å². The van der Waals surface area contributed by atoms with Gasteiger partial charge in [-0.2, -0.15) is 0 Å². The number of amides is 1. The third kappa shape index (κ3) is 5.53. The molecule has 86 valence electrons. The van der Waals surface area contributed by atoms with Crippen molar-refractivity contribution in [1.29, 1.82) is 0 Å². The molecule has 0 saturated heterocycles. The van der Waals surface area contributed by atoms with Crippen molar-refractivity contribution >= 4 is 22.1 Å². The lowest BCUT2D eigenvalue weighted by atomic mass is 10.7. The summed E-state index contributed by atoms with van der Waals surface area (Å²) < 4.78 is 0. The molecule has 0 aromatic rings. The normalized spacial score (nSPS) is 12.1. The fourth-order valence-corrected chi connectivity index (χ4v) is 14.3. The second-order valence-corrected chi connectivity index (χ2v) is 16.8. The van der Waals surface area contributed by atoms with E-state index < -0.39 is 16.1 Å². The molecule has 0 bridgehead atoms. The largest absolute Gasteiger partial charge is 0.370 e. The van der Waals surface area contributed by atoms with Crippen LogP contribution in [0.1, 0.15) is 0 Å². The molecule has 4 nitrogen and oxygen atoms in total. The molecule has 0 radical (unpaired) electrons. The summed E-state index contributed by atoms with van der Waals surface area (Å²) in [6.45, 7) is 13.3. The van der Waals surface area contributed by atoms with Gasteiger partial charge in [-0.05, 0) is 0 Å². The molecular formula is C8H25N3OSi2. The zero-order valence-corrected chi connectivity index (χ0v) is 12.2. The van der Waals surface area contributed by atoms with Crippen molar-refractivity contribution in [3.05, 3.63) is 0 Å². The molecule has 0 aromatic carbocycles. The summed E-state index contributed by atoms with van der Waals surface area (Å²) in [7, 11) is -2.80. The van der Waals surface area contributed by atoms with E-state index in [9.17, 15) is 4.79 Å². The zero-order valence-electron chi connectivity index (χ0n) is 10.2. The van der Waals surface area contributed by atoms with Gasteiger partial charge in [0, 0.05) is 5.16 Å². The molecule has 0 atom stereocenters. The quantitative estimate of drug-likeness (QED) is 0.385. The van der Waals surface area contributed by atoms with Crippen LogP contribution < -0.4 is 17.4 Å². The van der Waals surface area contributed by atoms with Crippen LogP contribution in [-0.2, 0) is 4.79 Å². The first-order chi connectivity index (χ1) is 6.07. The Morgan fingerprint density at radius 3 is 1.14 bits per heavy atom. The highest BCUT2D eigenvalue weighted by molar-refractivity contribution is 7.00. The minimum atomic E-state index is -1.40. The van der Waals surface area contributed by atoms with E-state index in [1.165, 1.54) is 0 Å². The number of carbonyl (C=O) groups excluding carboxylic acids is 1. The molecule has 1 amide bonds. The second kappa shape index (κ2) is 5.64. The lowest BCUT2D eigenvalue weighted by molar-refractivity contribution is -0.116. The summed E-state index contributed by atoms with van der Waals surface area (Å²) in [6, 6.07) is 0. The van der Waals surface area contributed by atoms with E-state index in [2.05, 4.69) is 51.0 Å². The third-order valence-corrected chi connectivity index (χ3v) is 11.2. The van der Waals surface area contributed by atoms with E-state index in [0.717, 1.165) is 0 Å². The van der Waals surface area contributed by atoms with Gasteiger partial charge in [0.05, 0.1) is 16.1 Å². The Labute approximate surface area is 89.2 Å². The highest BCUT2D eigenvalue weighted by atomic mass is 28.4. The van der Waals surface area contributed by atoms with Crippen LogP contribution in [0.2, 0.25) is 44.4 Å². The van der Waals surface area contributed by atoms with Crippen molar-refractivity contribution in [2.24, 2.45) is 17.4 Å². The predicted molar refractivity (Wildman–Crippen MR) is 68.0 cm³/mol. The summed E-state index contributed by atoms with van der Waals surface area (Å²) in [5.41, 5.74) is 5.44. The van der Waals surface area contributed by atoms with Gasteiger partial charge in [-0.1, -0.05) is 39.3 Å². The van der Waals surface area contributed by atoms with Crippen LogP contribution in [0.5, 0.6) is 0 Å². The Morgan fingerprint density at radius 2 is 1.14 bits per heavy atom. The average molecular weight is 235 g/mol. The molecule has 0 rings (SSSR count). The standard InChI is InChI=1S/C8H21NOSi2.H4N2/c1-11(2,3)8(7(9)10)12(4,5)6;1-2/h8H,1-6H3,(H2,9,10);1-2H2. The molecule has 0 fully saturated rings. The first-order valence-corrected chi connectivity index (χ1v) is 11.8. The number of hydrogen-bond acceptors (Lipinski definition) is 3. The molecule has 0 spiro atoms. The third-order valence-electron chi connectivity index (χ3n) is 2.02. The van der Waals surface area contributed by atoms with Crippen LogP contribution in [0.25, 0.3) is 0 Å². The molecule has 0 saturated carbocycles. The Morgan fingerprint density at radius 1 is 0.929 bits per heavy atom. The summed E-state index contributed by atoms with van der Waals surface area (Å²) in [4.78, 5) is 11.3. The minimum absolute atomic E-state index is 0.0756. The smallest absolute Gasteiger partial charge is 0.215 e. The van der Waals surface area contributed by atoms with Crippen molar-refractivity contribution in [2.75, 3.05) is 0 Å². The van der Waals surface area contributed by atoms with Gasteiger partial charge < -0.3 is 5.73 Å². The van der Waals surface area contributed by atoms with E-state index in [0.29, 0.717) is 0 Å². The average Bonchev–Trinajstić information content (AvgIpc) is 1.82. The van der Waals surface area contributed by atoms with E-state index in [-0.39, 0.29) is 11.1 Å². The fourth-order valence-electron chi connectivity index (χ4n) is 2.15. The number of primary amides is 1. The van der Waals surface area contributed by atoms with Crippen molar-refractivity contribution < 1.29 is 4.79 Å². The Hall–Kier alpha value is -0.176. The van der Waals surface area contributed by atoms with Crippen molar-refractivity contribution in [2.45, 2.75) is 44.4 Å². The predicted octanol–water partition coefficient (Wildman–Crippen LogP) is 0.876. The lowest BCUT2D eigenvalue weighted by Gasteiger charge is -2.35. The number of carbonyl (C=O) groups is 1. The maximum absolute atomic E-state index is 11.3. The second-order valence-electron chi connectivity index (χ2n) is 5.57. The molecule has 0 heterocycles. The monoisotopic (exact) mass is 235 g/mol. The maximum Gasteiger partial charge on any atom is 0.215 e. The van der Waals surface area contributed by atoms with Gasteiger partial charge in [0.15, 0.2) is 0 Å². The Balaban J connectivity index is 0. The highest BCUT2D eigenvalue weighted by Crippen LogP contribution is 2.31. The van der Waals surface area contributed by atoms with E-state index in [4.69, 9.17) is 5.73 Å². The van der Waals surface area contributed by atoms with Crippen LogP contribution in [0, 0.1) is 0 Å². The van der Waals surface area contributed by atoms with Gasteiger partial charge in [-0.3, -0.25) is 16.5 Å². The zero-order chi connectivity index (χ0) is 12.2. The van der Waals surface area contributed by atoms with Crippen LogP contribution in [0.4, 0.5) is 0 Å². The minimum Gasteiger partial charge on any atom is -0.370 e. The van der Waals surface area contributed by atoms with Gasteiger partial charge in [0.1, 0.15) is 0 Å². The molecule has 14 heavy (non-hydrogen) atoms. The SMILES string of the molecule is C[Si](C)(C)C(C(N)=O)[Si](C)(C)C.NN. The van der Waals surface area contributed by atoms with Crippen molar-refractivity contribution in [3.8, 4) is 0 Å². The lowest BCUT2D eigenvalue weighted by Crippen LogP contribution is -2.50. The molecule has 6 N–H and O–H groups in total. The summed E-state index contributed by atoms with van der Waals surface area (Å²) in [6.07, 6.45) is 0. The van der Waals surface area contributed by atoms with Crippen LogP contribution >= 0.6 is 0 Å². The van der Waals surface area contributed by atoms with Gasteiger partial charge in [-0.25, -0.2) is 0 Å². The van der Waals surface area contributed by atoms with E-state index >= 15 is 0 Å². The van der Waals surface area contributed by atoms with Crippen LogP contribution in [0.15, 0.2) is 0 Å². The molecule has 6 heteroatoms. The maximum atomic E-state index is 11.3. The first-order valence-electron chi connectivity index (χ1n) is 4.69. The fraction of sp³-hybridized carbons (Fsp3) is 0.875. The summed E-state index contributed by atoms with van der Waals surface area (Å²) in [5.74, 6) is 7.92. The van der Waals surface area contributed by atoms with Gasteiger partial charge in [0.25, 0.3) is 0 Å².